The summed E-state index contributed by atoms with van der Waals surface area (Å²) < 4.78 is 54.6. The molecule has 0 aromatic heterocycles. The molecular formula is C15H16O8S2. The average molecular weight is 388 g/mol. The van der Waals surface area contributed by atoms with Gasteiger partial charge in [-0.25, -0.2) is 26.4 Å². The van der Waals surface area contributed by atoms with Crippen LogP contribution in [-0.4, -0.2) is 48.2 Å². The Morgan fingerprint density at radius 3 is 1.84 bits per heavy atom. The number of rotatable bonds is 8. The Morgan fingerprint density at radius 1 is 0.880 bits per heavy atom. The summed E-state index contributed by atoms with van der Waals surface area (Å²) >= 11 is 0. The van der Waals surface area contributed by atoms with Crippen molar-refractivity contribution in [2.24, 2.45) is 0 Å². The molecule has 0 heterocycles. The molecule has 0 spiro atoms. The summed E-state index contributed by atoms with van der Waals surface area (Å²) in [6, 6.07) is 7.52. The van der Waals surface area contributed by atoms with Crippen LogP contribution in [0.2, 0.25) is 0 Å². The summed E-state index contributed by atoms with van der Waals surface area (Å²) in [6.45, 7) is -0.620. The lowest BCUT2D eigenvalue weighted by Crippen LogP contribution is -2.12. The Labute approximate surface area is 145 Å². The van der Waals surface area contributed by atoms with Gasteiger partial charge in [0.2, 0.25) is 0 Å². The van der Waals surface area contributed by atoms with E-state index in [-0.39, 0.29) is 18.1 Å². The fourth-order valence-electron chi connectivity index (χ4n) is 1.39. The molecule has 10 heteroatoms. The Kier molecular flexibility index (Phi) is 7.52. The predicted molar refractivity (Wildman–Crippen MR) is 88.7 cm³/mol. The zero-order valence-corrected chi connectivity index (χ0v) is 14.8. The molecule has 0 amide bonds. The third-order valence-corrected chi connectivity index (χ3v) is 4.53. The van der Waals surface area contributed by atoms with Crippen molar-refractivity contribution in [2.75, 3.05) is 19.5 Å². The van der Waals surface area contributed by atoms with Gasteiger partial charge in [-0.05, 0) is 12.1 Å². The highest BCUT2D eigenvalue weighted by Gasteiger charge is 2.10. The van der Waals surface area contributed by atoms with Crippen LogP contribution in [-0.2, 0) is 38.7 Å². The first-order valence-corrected chi connectivity index (χ1v) is 10.3. The Bertz CT molecular complexity index is 865. The van der Waals surface area contributed by atoms with Crippen molar-refractivity contribution < 1.29 is 35.9 Å². The molecule has 0 fully saturated rings. The minimum absolute atomic E-state index is 0.0330. The van der Waals surface area contributed by atoms with E-state index in [4.69, 9.17) is 0 Å². The van der Waals surface area contributed by atoms with E-state index < -0.39 is 31.6 Å². The lowest BCUT2D eigenvalue weighted by atomic mass is 10.4. The van der Waals surface area contributed by atoms with E-state index in [1.807, 2.05) is 0 Å². The largest absolute Gasteiger partial charge is 0.459 e. The molecule has 0 aliphatic carbocycles. The maximum Gasteiger partial charge on any atom is 0.331 e. The molecule has 1 aromatic carbocycles. The highest BCUT2D eigenvalue weighted by Crippen LogP contribution is 2.10. The van der Waals surface area contributed by atoms with Crippen molar-refractivity contribution >= 4 is 31.6 Å². The quantitative estimate of drug-likeness (QED) is 0.361. The number of benzene rings is 1. The van der Waals surface area contributed by atoms with Crippen molar-refractivity contribution in [1.82, 2.24) is 0 Å². The summed E-state index contributed by atoms with van der Waals surface area (Å²) in [5.74, 6) is -1.84. The normalized spacial score (nSPS) is 12.4. The van der Waals surface area contributed by atoms with Gasteiger partial charge < -0.3 is 9.47 Å². The lowest BCUT2D eigenvalue weighted by Gasteiger charge is -2.02. The van der Waals surface area contributed by atoms with Gasteiger partial charge in [-0.15, -0.1) is 0 Å². The highest BCUT2D eigenvalue weighted by molar-refractivity contribution is 7.94. The van der Waals surface area contributed by atoms with E-state index in [9.17, 15) is 26.4 Å². The van der Waals surface area contributed by atoms with Crippen LogP contribution in [0.4, 0.5) is 0 Å². The van der Waals surface area contributed by atoms with E-state index in [1.54, 1.807) is 18.2 Å². The van der Waals surface area contributed by atoms with Crippen LogP contribution in [0.15, 0.2) is 58.2 Å². The number of hydrogen-bond acceptors (Lipinski definition) is 8. The van der Waals surface area contributed by atoms with Gasteiger partial charge in [-0.1, -0.05) is 18.2 Å². The van der Waals surface area contributed by atoms with E-state index in [0.717, 1.165) is 18.4 Å². The van der Waals surface area contributed by atoms with Crippen molar-refractivity contribution in [2.45, 2.75) is 4.90 Å². The Morgan fingerprint density at radius 2 is 1.36 bits per heavy atom. The second-order valence-corrected chi connectivity index (χ2v) is 8.39. The first-order chi connectivity index (χ1) is 11.6. The smallest absolute Gasteiger partial charge is 0.331 e. The molecule has 0 N–H and O–H groups in total. The number of carbonyl (C=O) groups excluding carboxylic acids is 2. The van der Waals surface area contributed by atoms with Crippen LogP contribution in [0.25, 0.3) is 0 Å². The minimum Gasteiger partial charge on any atom is -0.459 e. The summed E-state index contributed by atoms with van der Waals surface area (Å²) in [5.41, 5.74) is 0. The lowest BCUT2D eigenvalue weighted by molar-refractivity contribution is -0.146. The highest BCUT2D eigenvalue weighted by atomic mass is 32.2. The number of hydrogen-bond donors (Lipinski definition) is 0. The molecule has 0 saturated heterocycles. The monoisotopic (exact) mass is 388 g/mol. The number of carbonyl (C=O) groups is 2. The molecule has 0 saturated carbocycles. The van der Waals surface area contributed by atoms with Crippen molar-refractivity contribution in [3.63, 3.8) is 0 Å². The van der Waals surface area contributed by atoms with Gasteiger partial charge in [-0.2, -0.15) is 0 Å². The van der Waals surface area contributed by atoms with Crippen LogP contribution < -0.4 is 0 Å². The standard InChI is InChI=1S/C15H16O8S2/c1-24(18,19)11-7-14(16)22-9-10-23-15(17)8-12-25(20,21)13-5-3-2-4-6-13/h2-8,11-12H,9-10H2,1H3/b11-7+,12-8+. The number of ether oxygens (including phenoxy) is 2. The Balaban J connectivity index is 2.41. The zero-order chi connectivity index (χ0) is 18.9. The molecule has 0 radical (unpaired) electrons. The molecule has 0 atom stereocenters. The van der Waals surface area contributed by atoms with Gasteiger partial charge in [0.15, 0.2) is 19.7 Å². The van der Waals surface area contributed by atoms with Crippen LogP contribution in [0.1, 0.15) is 0 Å². The van der Waals surface area contributed by atoms with E-state index in [0.29, 0.717) is 10.8 Å². The minimum atomic E-state index is -3.75. The van der Waals surface area contributed by atoms with Crippen LogP contribution in [0.3, 0.4) is 0 Å². The van der Waals surface area contributed by atoms with Gasteiger partial charge >= 0.3 is 11.9 Å². The molecule has 1 rings (SSSR count). The SMILES string of the molecule is CS(=O)(=O)/C=C/C(=O)OCCOC(=O)/C=C/S(=O)(=O)c1ccccc1. The molecule has 0 aliphatic heterocycles. The van der Waals surface area contributed by atoms with Gasteiger partial charge in [-0.3, -0.25) is 0 Å². The van der Waals surface area contributed by atoms with Crippen LogP contribution >= 0.6 is 0 Å². The maximum atomic E-state index is 11.9. The van der Waals surface area contributed by atoms with Gasteiger partial charge in [0.25, 0.3) is 0 Å². The van der Waals surface area contributed by atoms with Crippen LogP contribution in [0.5, 0.6) is 0 Å². The van der Waals surface area contributed by atoms with E-state index >= 15 is 0 Å². The van der Waals surface area contributed by atoms with Gasteiger partial charge in [0.05, 0.1) is 4.90 Å². The van der Waals surface area contributed by atoms with Gasteiger partial charge in [0, 0.05) is 29.2 Å². The molecule has 8 nitrogen and oxygen atoms in total. The number of esters is 2. The molecule has 0 bridgehead atoms. The zero-order valence-electron chi connectivity index (χ0n) is 13.2. The van der Waals surface area contributed by atoms with Crippen LogP contribution in [0, 0.1) is 0 Å². The fourth-order valence-corrected chi connectivity index (χ4v) is 2.74. The third kappa shape index (κ3) is 8.82. The second-order valence-electron chi connectivity index (χ2n) is 4.63. The summed E-state index contributed by atoms with van der Waals surface area (Å²) in [5, 5.41) is 1.39. The maximum absolute atomic E-state index is 11.9. The molecule has 136 valence electrons. The predicted octanol–water partition coefficient (Wildman–Crippen LogP) is 0.619. The summed E-state index contributed by atoms with van der Waals surface area (Å²) in [6.07, 6.45) is 2.38. The first kappa shape index (κ1) is 20.6. The van der Waals surface area contributed by atoms with Crippen molar-refractivity contribution in [3.05, 3.63) is 53.3 Å². The summed E-state index contributed by atoms with van der Waals surface area (Å²) in [4.78, 5) is 22.6. The topological polar surface area (TPSA) is 121 Å². The molecule has 1 aromatic rings. The molecule has 25 heavy (non-hydrogen) atoms. The molecular weight excluding hydrogens is 372 g/mol. The van der Waals surface area contributed by atoms with Gasteiger partial charge in [0.1, 0.15) is 13.2 Å². The average Bonchev–Trinajstić information content (AvgIpc) is 2.55. The fraction of sp³-hybridized carbons (Fsp3) is 0.200. The first-order valence-electron chi connectivity index (χ1n) is 6.80. The number of sulfone groups is 2. The van der Waals surface area contributed by atoms with E-state index in [1.165, 1.54) is 12.1 Å². The third-order valence-electron chi connectivity index (χ3n) is 2.48. The van der Waals surface area contributed by atoms with Crippen molar-refractivity contribution in [1.29, 1.82) is 0 Å². The molecule has 0 aliphatic rings. The van der Waals surface area contributed by atoms with Crippen molar-refractivity contribution in [3.8, 4) is 0 Å². The molecule has 0 unspecified atom stereocenters. The summed E-state index contributed by atoms with van der Waals surface area (Å²) in [7, 11) is -7.19. The second kappa shape index (κ2) is 9.14. The Hall–Kier alpha value is -2.46. The van der Waals surface area contributed by atoms with E-state index in [2.05, 4.69) is 9.47 Å².